The normalized spacial score (nSPS) is 11.6. The number of nitro groups is 1. The van der Waals surface area contributed by atoms with E-state index >= 15 is 0 Å². The SMILES string of the molecule is COc1cccc(-c2nc3nc(S(C)(=O)=O)nc(N)n3n2)c1[N+](=O)[O-]. The first-order valence-electron chi connectivity index (χ1n) is 6.64. The van der Waals surface area contributed by atoms with E-state index in [0.717, 1.165) is 10.8 Å². The number of anilines is 1. The van der Waals surface area contributed by atoms with Crippen LogP contribution in [0.4, 0.5) is 11.6 Å². The highest BCUT2D eigenvalue weighted by Crippen LogP contribution is 2.36. The van der Waals surface area contributed by atoms with Gasteiger partial charge in [-0.25, -0.2) is 8.42 Å². The van der Waals surface area contributed by atoms with Gasteiger partial charge < -0.3 is 10.5 Å². The Morgan fingerprint density at radius 1 is 1.28 bits per heavy atom. The van der Waals surface area contributed by atoms with Crippen LogP contribution in [0.3, 0.4) is 0 Å². The number of nitrogens with zero attached hydrogens (tertiary/aromatic N) is 6. The van der Waals surface area contributed by atoms with Crippen LogP contribution in [0.25, 0.3) is 17.2 Å². The van der Waals surface area contributed by atoms with E-state index < -0.39 is 19.9 Å². The molecule has 130 valence electrons. The molecule has 3 rings (SSSR count). The van der Waals surface area contributed by atoms with Crippen LogP contribution >= 0.6 is 0 Å². The molecular formula is C12H11N7O5S. The summed E-state index contributed by atoms with van der Waals surface area (Å²) in [6.45, 7) is 0. The van der Waals surface area contributed by atoms with Crippen LogP contribution < -0.4 is 10.5 Å². The van der Waals surface area contributed by atoms with Gasteiger partial charge in [0, 0.05) is 6.26 Å². The summed E-state index contributed by atoms with van der Waals surface area (Å²) in [7, 11) is -2.42. The second-order valence-electron chi connectivity index (χ2n) is 4.90. The monoisotopic (exact) mass is 365 g/mol. The maximum Gasteiger partial charge on any atom is 0.321 e. The van der Waals surface area contributed by atoms with Gasteiger partial charge in [0.25, 0.3) is 10.9 Å². The molecule has 0 saturated carbocycles. The number of rotatable bonds is 4. The third-order valence-corrected chi connectivity index (χ3v) is 4.03. The quantitative estimate of drug-likeness (QED) is 0.494. The fraction of sp³-hybridized carbons (Fsp3) is 0.167. The highest BCUT2D eigenvalue weighted by Gasteiger charge is 2.25. The van der Waals surface area contributed by atoms with Gasteiger partial charge in [-0.3, -0.25) is 10.1 Å². The molecule has 0 amide bonds. The molecule has 13 heteroatoms. The lowest BCUT2D eigenvalue weighted by Crippen LogP contribution is -2.11. The molecule has 0 aliphatic heterocycles. The van der Waals surface area contributed by atoms with Crippen molar-refractivity contribution in [1.82, 2.24) is 24.6 Å². The largest absolute Gasteiger partial charge is 0.490 e. The average Bonchev–Trinajstić information content (AvgIpc) is 2.97. The second kappa shape index (κ2) is 5.62. The molecule has 0 radical (unpaired) electrons. The van der Waals surface area contributed by atoms with Crippen molar-refractivity contribution in [3.05, 3.63) is 28.3 Å². The third kappa shape index (κ3) is 2.80. The number of nitro benzene ring substituents is 1. The van der Waals surface area contributed by atoms with E-state index in [2.05, 4.69) is 20.1 Å². The number of aromatic nitrogens is 5. The van der Waals surface area contributed by atoms with Gasteiger partial charge >= 0.3 is 5.69 Å². The molecule has 0 aliphatic carbocycles. The molecule has 0 unspecified atom stereocenters. The fourth-order valence-corrected chi connectivity index (χ4v) is 2.63. The number of nitrogen functional groups attached to an aromatic ring is 1. The van der Waals surface area contributed by atoms with Crippen LogP contribution in [0.1, 0.15) is 0 Å². The molecule has 0 bridgehead atoms. The van der Waals surface area contributed by atoms with E-state index in [-0.39, 0.29) is 34.6 Å². The second-order valence-corrected chi connectivity index (χ2v) is 6.81. The first-order valence-corrected chi connectivity index (χ1v) is 8.53. The van der Waals surface area contributed by atoms with Crippen LogP contribution in [-0.2, 0) is 9.84 Å². The van der Waals surface area contributed by atoms with Crippen molar-refractivity contribution in [2.24, 2.45) is 0 Å². The van der Waals surface area contributed by atoms with Crippen molar-refractivity contribution in [1.29, 1.82) is 0 Å². The molecule has 3 aromatic rings. The Morgan fingerprint density at radius 3 is 2.60 bits per heavy atom. The predicted molar refractivity (Wildman–Crippen MR) is 84.7 cm³/mol. The van der Waals surface area contributed by atoms with Crippen molar-refractivity contribution in [2.45, 2.75) is 5.16 Å². The standard InChI is InChI=1S/C12H11N7O5S/c1-24-7-5-3-4-6(8(7)19(20)21)9-14-11-16-12(25(2,22)23)15-10(13)18(11)17-9/h3-5H,1-2H3,(H2,13,14,15,16,17). The molecule has 0 saturated heterocycles. The minimum Gasteiger partial charge on any atom is -0.490 e. The van der Waals surface area contributed by atoms with E-state index in [4.69, 9.17) is 10.5 Å². The van der Waals surface area contributed by atoms with Crippen molar-refractivity contribution in [3.8, 4) is 17.1 Å². The van der Waals surface area contributed by atoms with E-state index in [1.165, 1.54) is 25.3 Å². The lowest BCUT2D eigenvalue weighted by molar-refractivity contribution is -0.385. The van der Waals surface area contributed by atoms with Crippen molar-refractivity contribution >= 4 is 27.3 Å². The summed E-state index contributed by atoms with van der Waals surface area (Å²) in [5.74, 6) is -0.468. The zero-order valence-corrected chi connectivity index (χ0v) is 13.8. The number of benzene rings is 1. The number of para-hydroxylation sites is 1. The predicted octanol–water partition coefficient (Wildman–Crippen LogP) is 0.0888. The number of fused-ring (bicyclic) bond motifs is 1. The summed E-state index contributed by atoms with van der Waals surface area (Å²) < 4.78 is 29.2. The molecule has 25 heavy (non-hydrogen) atoms. The lowest BCUT2D eigenvalue weighted by atomic mass is 10.1. The smallest absolute Gasteiger partial charge is 0.321 e. The highest BCUT2D eigenvalue weighted by atomic mass is 32.2. The number of ether oxygens (including phenoxy) is 1. The van der Waals surface area contributed by atoms with Gasteiger partial charge in [0.1, 0.15) is 5.56 Å². The van der Waals surface area contributed by atoms with Gasteiger partial charge in [0.05, 0.1) is 12.0 Å². The summed E-state index contributed by atoms with van der Waals surface area (Å²) >= 11 is 0. The fourth-order valence-electron chi connectivity index (χ4n) is 2.12. The van der Waals surface area contributed by atoms with E-state index in [1.54, 1.807) is 0 Å². The summed E-state index contributed by atoms with van der Waals surface area (Å²) in [5.41, 5.74) is 5.41. The Kier molecular flexibility index (Phi) is 3.71. The Bertz CT molecular complexity index is 1110. The topological polar surface area (TPSA) is 168 Å². The number of nitrogens with two attached hydrogens (primary N) is 1. The van der Waals surface area contributed by atoms with Crippen LogP contribution in [-0.4, -0.2) is 51.3 Å². The molecule has 1 aromatic carbocycles. The molecule has 2 heterocycles. The van der Waals surface area contributed by atoms with E-state index in [0.29, 0.717) is 0 Å². The number of hydrogen-bond donors (Lipinski definition) is 1. The highest BCUT2D eigenvalue weighted by molar-refractivity contribution is 7.90. The molecule has 0 spiro atoms. The van der Waals surface area contributed by atoms with Gasteiger partial charge in [-0.1, -0.05) is 6.07 Å². The molecule has 0 atom stereocenters. The zero-order chi connectivity index (χ0) is 18.4. The van der Waals surface area contributed by atoms with Gasteiger partial charge in [-0.05, 0) is 12.1 Å². The first-order chi connectivity index (χ1) is 11.7. The molecule has 0 fully saturated rings. The Balaban J connectivity index is 2.28. The average molecular weight is 365 g/mol. The van der Waals surface area contributed by atoms with Gasteiger partial charge in [-0.15, -0.1) is 5.10 Å². The van der Waals surface area contributed by atoms with Crippen molar-refractivity contribution < 1.29 is 18.1 Å². The Labute approximate surface area is 140 Å². The van der Waals surface area contributed by atoms with Gasteiger partial charge in [0.15, 0.2) is 11.6 Å². The van der Waals surface area contributed by atoms with Crippen molar-refractivity contribution in [3.63, 3.8) is 0 Å². The minimum atomic E-state index is -3.72. The maximum atomic E-state index is 11.6. The summed E-state index contributed by atoms with van der Waals surface area (Å²) in [6, 6.07) is 4.38. The molecule has 12 nitrogen and oxygen atoms in total. The number of sulfone groups is 1. The maximum absolute atomic E-state index is 11.6. The molecule has 2 N–H and O–H groups in total. The van der Waals surface area contributed by atoms with Crippen LogP contribution in [0, 0.1) is 10.1 Å². The Hall–Kier alpha value is -3.35. The van der Waals surface area contributed by atoms with Crippen LogP contribution in [0.2, 0.25) is 0 Å². The van der Waals surface area contributed by atoms with E-state index in [9.17, 15) is 18.5 Å². The molecule has 0 aliphatic rings. The van der Waals surface area contributed by atoms with Crippen molar-refractivity contribution in [2.75, 3.05) is 19.1 Å². The molecule has 2 aromatic heterocycles. The van der Waals surface area contributed by atoms with Crippen LogP contribution in [0.15, 0.2) is 23.4 Å². The zero-order valence-electron chi connectivity index (χ0n) is 12.9. The summed E-state index contributed by atoms with van der Waals surface area (Å²) in [4.78, 5) is 22.2. The minimum absolute atomic E-state index is 0.0252. The summed E-state index contributed by atoms with van der Waals surface area (Å²) in [5, 5.41) is 14.9. The number of methoxy groups -OCH3 is 1. The van der Waals surface area contributed by atoms with Gasteiger partial charge in [-0.2, -0.15) is 19.5 Å². The number of hydrogen-bond acceptors (Lipinski definition) is 10. The van der Waals surface area contributed by atoms with Crippen LogP contribution in [0.5, 0.6) is 5.75 Å². The van der Waals surface area contributed by atoms with Gasteiger partial charge in [0.2, 0.25) is 15.8 Å². The Morgan fingerprint density at radius 2 is 2.00 bits per heavy atom. The third-order valence-electron chi connectivity index (χ3n) is 3.19. The lowest BCUT2D eigenvalue weighted by Gasteiger charge is -2.03. The first kappa shape index (κ1) is 16.5. The van der Waals surface area contributed by atoms with E-state index in [1.807, 2.05) is 0 Å². The summed E-state index contributed by atoms with van der Waals surface area (Å²) in [6.07, 6.45) is 0.919. The molecular weight excluding hydrogens is 354 g/mol.